The maximum atomic E-state index is 11.9. The first-order valence-electron chi connectivity index (χ1n) is 9.55. The van der Waals surface area contributed by atoms with Crippen LogP contribution in [-0.4, -0.2) is 68.5 Å². The van der Waals surface area contributed by atoms with E-state index in [4.69, 9.17) is 9.05 Å². The first kappa shape index (κ1) is 26.2. The second-order valence-corrected chi connectivity index (χ2v) is 8.94. The van der Waals surface area contributed by atoms with E-state index in [1.54, 1.807) is 13.0 Å². The summed E-state index contributed by atoms with van der Waals surface area (Å²) in [6.45, 7) is 3.88. The van der Waals surface area contributed by atoms with Gasteiger partial charge in [-0.25, -0.2) is 0 Å². The normalized spacial score (nSPS) is 16.9. The molecular formula is C18H37N2O6P. The molecule has 0 spiro atoms. The number of aliphatic hydroxyl groups is 1. The summed E-state index contributed by atoms with van der Waals surface area (Å²) >= 11 is 0. The zero-order valence-electron chi connectivity index (χ0n) is 17.3. The average molecular weight is 408 g/mol. The van der Waals surface area contributed by atoms with Gasteiger partial charge in [0.2, 0.25) is 5.91 Å². The van der Waals surface area contributed by atoms with Gasteiger partial charge in [0.1, 0.15) is 13.2 Å². The van der Waals surface area contributed by atoms with Crippen molar-refractivity contribution in [2.24, 2.45) is 0 Å². The topological polar surface area (TPSA) is 108 Å². The first-order chi connectivity index (χ1) is 12.5. The fourth-order valence-corrected chi connectivity index (χ4v) is 2.77. The maximum absolute atomic E-state index is 11.9. The van der Waals surface area contributed by atoms with Gasteiger partial charge in [-0.15, -0.1) is 0 Å². The van der Waals surface area contributed by atoms with E-state index in [0.29, 0.717) is 11.0 Å². The average Bonchev–Trinajstić information content (AvgIpc) is 2.56. The number of unbranched alkanes of at least 4 members (excludes halogenated alkanes) is 3. The molecule has 0 aromatic rings. The van der Waals surface area contributed by atoms with E-state index in [1.165, 1.54) is 0 Å². The second-order valence-electron chi connectivity index (χ2n) is 7.53. The van der Waals surface area contributed by atoms with E-state index in [2.05, 4.69) is 12.2 Å². The van der Waals surface area contributed by atoms with Crippen LogP contribution in [0.25, 0.3) is 0 Å². The fourth-order valence-electron chi connectivity index (χ4n) is 2.05. The third-order valence-corrected chi connectivity index (χ3v) is 4.78. The van der Waals surface area contributed by atoms with Crippen molar-refractivity contribution < 1.29 is 32.9 Å². The van der Waals surface area contributed by atoms with Crippen LogP contribution in [0, 0.1) is 0 Å². The van der Waals surface area contributed by atoms with Gasteiger partial charge < -0.3 is 28.8 Å². The molecule has 160 valence electrons. The lowest BCUT2D eigenvalue weighted by atomic mass is 10.1. The fraction of sp³-hybridized carbons (Fsp3) is 0.833. The lowest BCUT2D eigenvalue weighted by Crippen LogP contribution is -2.45. The smallest absolute Gasteiger partial charge is 0.268 e. The lowest BCUT2D eigenvalue weighted by Gasteiger charge is -2.29. The van der Waals surface area contributed by atoms with Crippen LogP contribution >= 0.6 is 7.82 Å². The molecule has 1 amide bonds. The number of hydrogen-bond donors (Lipinski definition) is 2. The number of quaternary nitrogens is 1. The highest BCUT2D eigenvalue weighted by Gasteiger charge is 2.22. The maximum Gasteiger partial charge on any atom is 0.268 e. The number of carbonyl (C=O) groups is 1. The number of allylic oxidation sites excluding steroid dienone is 1. The van der Waals surface area contributed by atoms with Crippen LogP contribution in [0.15, 0.2) is 12.2 Å². The predicted molar refractivity (Wildman–Crippen MR) is 104 cm³/mol. The van der Waals surface area contributed by atoms with E-state index in [1.807, 2.05) is 27.2 Å². The molecule has 27 heavy (non-hydrogen) atoms. The van der Waals surface area contributed by atoms with Crippen LogP contribution < -0.4 is 10.2 Å². The number of nitrogens with zero attached hydrogens (tertiary/aromatic N) is 1. The van der Waals surface area contributed by atoms with Gasteiger partial charge >= 0.3 is 0 Å². The van der Waals surface area contributed by atoms with Gasteiger partial charge in [-0.1, -0.05) is 38.8 Å². The summed E-state index contributed by atoms with van der Waals surface area (Å²) in [6.07, 6.45) is 6.60. The van der Waals surface area contributed by atoms with E-state index >= 15 is 0 Å². The summed E-state index contributed by atoms with van der Waals surface area (Å²) in [6, 6.07) is -0.871. The molecule has 0 fully saturated rings. The van der Waals surface area contributed by atoms with E-state index in [-0.39, 0.29) is 18.9 Å². The number of hydrogen-bond acceptors (Lipinski definition) is 6. The molecule has 0 aliphatic rings. The Kier molecular flexibility index (Phi) is 13.0. The van der Waals surface area contributed by atoms with Gasteiger partial charge in [0.25, 0.3) is 7.82 Å². The number of phosphoric acid groups is 1. The van der Waals surface area contributed by atoms with Gasteiger partial charge in [-0.3, -0.25) is 9.36 Å². The largest absolute Gasteiger partial charge is 0.756 e. The van der Waals surface area contributed by atoms with Crippen LogP contribution in [0.4, 0.5) is 0 Å². The van der Waals surface area contributed by atoms with E-state index in [9.17, 15) is 19.4 Å². The SMILES string of the molecule is CCCCC/C=C/C(O)C(COP(=O)([O-])OCC[N+](C)(C)C)NC(=O)CC. The minimum Gasteiger partial charge on any atom is -0.756 e. The zero-order valence-corrected chi connectivity index (χ0v) is 18.2. The Hall–Kier alpha value is -0.760. The Morgan fingerprint density at radius 2 is 1.93 bits per heavy atom. The minimum absolute atomic E-state index is 0.00382. The Labute approximate surface area is 163 Å². The highest BCUT2D eigenvalue weighted by atomic mass is 31.2. The van der Waals surface area contributed by atoms with Crippen LogP contribution in [0.1, 0.15) is 46.0 Å². The third kappa shape index (κ3) is 14.9. The standard InChI is InChI=1S/C18H37N2O6P/c1-6-8-9-10-11-12-17(21)16(19-18(22)7-2)15-26-27(23,24)25-14-13-20(3,4)5/h11-12,16-17,21H,6-10,13-15H2,1-5H3,(H-,19,22,23,24)/b12-11+. The number of nitrogens with one attached hydrogen (secondary N) is 1. The third-order valence-electron chi connectivity index (χ3n) is 3.81. The first-order valence-corrected chi connectivity index (χ1v) is 11.0. The molecule has 0 heterocycles. The molecule has 2 N–H and O–H groups in total. The number of likely N-dealkylation sites (N-methyl/N-ethyl adjacent to an activating group) is 1. The van der Waals surface area contributed by atoms with E-state index < -0.39 is 26.6 Å². The van der Waals surface area contributed by atoms with Crippen molar-refractivity contribution in [1.29, 1.82) is 0 Å². The van der Waals surface area contributed by atoms with Gasteiger partial charge in [0.15, 0.2) is 0 Å². The quantitative estimate of drug-likeness (QED) is 0.184. The van der Waals surface area contributed by atoms with Gasteiger partial charge in [0.05, 0.1) is 39.9 Å². The number of amides is 1. The second kappa shape index (κ2) is 13.4. The van der Waals surface area contributed by atoms with Crippen LogP contribution in [0.3, 0.4) is 0 Å². The van der Waals surface area contributed by atoms with Crippen molar-refractivity contribution in [2.45, 2.75) is 58.1 Å². The molecule has 0 saturated carbocycles. The summed E-state index contributed by atoms with van der Waals surface area (Å²) in [7, 11) is 1.24. The Morgan fingerprint density at radius 3 is 2.48 bits per heavy atom. The van der Waals surface area contributed by atoms with Crippen molar-refractivity contribution in [2.75, 3.05) is 40.9 Å². The Bertz CT molecular complexity index is 493. The van der Waals surface area contributed by atoms with Crippen molar-refractivity contribution in [3.05, 3.63) is 12.2 Å². The summed E-state index contributed by atoms with van der Waals surface area (Å²) in [5.41, 5.74) is 0. The molecule has 0 aromatic carbocycles. The molecule has 3 unspecified atom stereocenters. The molecule has 0 radical (unpaired) electrons. The summed E-state index contributed by atoms with van der Waals surface area (Å²) < 4.78 is 22.2. The van der Waals surface area contributed by atoms with Gasteiger partial charge in [-0.2, -0.15) is 0 Å². The molecule has 0 aliphatic heterocycles. The molecule has 3 atom stereocenters. The van der Waals surface area contributed by atoms with Crippen molar-refractivity contribution in [1.82, 2.24) is 5.32 Å². The number of phosphoric ester groups is 1. The summed E-state index contributed by atoms with van der Waals surface area (Å²) in [5, 5.41) is 12.9. The van der Waals surface area contributed by atoms with Gasteiger partial charge in [0, 0.05) is 6.42 Å². The highest BCUT2D eigenvalue weighted by molar-refractivity contribution is 7.45. The minimum atomic E-state index is -4.51. The monoisotopic (exact) mass is 408 g/mol. The zero-order chi connectivity index (χ0) is 20.9. The van der Waals surface area contributed by atoms with E-state index in [0.717, 1.165) is 25.7 Å². The highest BCUT2D eigenvalue weighted by Crippen LogP contribution is 2.38. The molecule has 8 nitrogen and oxygen atoms in total. The van der Waals surface area contributed by atoms with Crippen molar-refractivity contribution in [3.63, 3.8) is 0 Å². The van der Waals surface area contributed by atoms with Crippen LogP contribution in [0.2, 0.25) is 0 Å². The number of carbonyl (C=O) groups excluding carboxylic acids is 1. The Morgan fingerprint density at radius 1 is 1.26 bits per heavy atom. The molecule has 0 saturated heterocycles. The molecule has 0 aliphatic carbocycles. The van der Waals surface area contributed by atoms with Crippen molar-refractivity contribution in [3.8, 4) is 0 Å². The molecule has 0 bridgehead atoms. The number of rotatable bonds is 15. The summed E-state index contributed by atoms with van der Waals surface area (Å²) in [5.74, 6) is -0.297. The molecular weight excluding hydrogens is 371 g/mol. The summed E-state index contributed by atoms with van der Waals surface area (Å²) in [4.78, 5) is 23.6. The lowest BCUT2D eigenvalue weighted by molar-refractivity contribution is -0.870. The van der Waals surface area contributed by atoms with Crippen LogP contribution in [-0.2, 0) is 18.4 Å². The van der Waals surface area contributed by atoms with Gasteiger partial charge in [-0.05, 0) is 12.8 Å². The molecule has 0 rings (SSSR count). The molecule has 0 aromatic heterocycles. The predicted octanol–water partition coefficient (Wildman–Crippen LogP) is 1.59. The number of aliphatic hydroxyl groups excluding tert-OH is 1. The Balaban J connectivity index is 4.66. The van der Waals surface area contributed by atoms with Crippen molar-refractivity contribution >= 4 is 13.7 Å². The van der Waals surface area contributed by atoms with Crippen LogP contribution in [0.5, 0.6) is 0 Å². The molecule has 9 heteroatoms.